The lowest BCUT2D eigenvalue weighted by atomic mass is 10.3. The van der Waals surface area contributed by atoms with E-state index in [1.54, 1.807) is 4.57 Å². The van der Waals surface area contributed by atoms with Gasteiger partial charge >= 0.3 is 0 Å². The Morgan fingerprint density at radius 3 is 2.62 bits per heavy atom. The fraction of sp³-hybridized carbons (Fsp3) is 0.316. The Labute approximate surface area is 156 Å². The van der Waals surface area contributed by atoms with Crippen molar-refractivity contribution in [2.24, 2.45) is 0 Å². The van der Waals surface area contributed by atoms with Gasteiger partial charge in [-0.15, -0.1) is 11.3 Å². The summed E-state index contributed by atoms with van der Waals surface area (Å²) in [6.45, 7) is 5.84. The first kappa shape index (κ1) is 18.1. The molecule has 0 radical (unpaired) electrons. The number of fused-ring (bicyclic) bond motifs is 1. The van der Waals surface area contributed by atoms with Crippen molar-refractivity contribution in [1.29, 1.82) is 0 Å². The van der Waals surface area contributed by atoms with E-state index in [0.717, 1.165) is 18.8 Å². The molecular formula is C19H22N4O2S. The summed E-state index contributed by atoms with van der Waals surface area (Å²) < 4.78 is 2.25. The number of rotatable bonds is 7. The SMILES string of the molecule is CCN(CC)c1nc2ccsc2c(=O)n1CCC(=O)Nc1ccccc1. The smallest absolute Gasteiger partial charge is 0.272 e. The normalized spacial score (nSPS) is 10.8. The predicted molar refractivity (Wildman–Crippen MR) is 107 cm³/mol. The van der Waals surface area contributed by atoms with Gasteiger partial charge in [0.1, 0.15) is 4.70 Å². The van der Waals surface area contributed by atoms with Crippen molar-refractivity contribution in [3.63, 3.8) is 0 Å². The third-order valence-electron chi connectivity index (χ3n) is 4.21. The molecule has 136 valence electrons. The molecular weight excluding hydrogens is 348 g/mol. The number of carbonyl (C=O) groups excluding carboxylic acids is 1. The molecule has 0 saturated heterocycles. The quantitative estimate of drug-likeness (QED) is 0.693. The van der Waals surface area contributed by atoms with Crippen molar-refractivity contribution in [2.45, 2.75) is 26.8 Å². The van der Waals surface area contributed by atoms with Crippen LogP contribution in [0.15, 0.2) is 46.6 Å². The maximum Gasteiger partial charge on any atom is 0.272 e. The highest BCUT2D eigenvalue weighted by Gasteiger charge is 2.16. The maximum atomic E-state index is 12.9. The van der Waals surface area contributed by atoms with Gasteiger partial charge in [-0.25, -0.2) is 4.98 Å². The topological polar surface area (TPSA) is 67.2 Å². The summed E-state index contributed by atoms with van der Waals surface area (Å²) in [6, 6.07) is 11.2. The van der Waals surface area contributed by atoms with E-state index in [0.29, 0.717) is 22.7 Å². The standard InChI is InChI=1S/C19H22N4O2S/c1-3-22(4-2)19-21-15-11-13-26-17(15)18(25)23(19)12-10-16(24)20-14-8-6-5-7-9-14/h5-9,11,13H,3-4,10,12H2,1-2H3,(H,20,24). The number of anilines is 2. The zero-order valence-electron chi connectivity index (χ0n) is 14.9. The molecule has 26 heavy (non-hydrogen) atoms. The van der Waals surface area contributed by atoms with Crippen LogP contribution in [0.3, 0.4) is 0 Å². The number of thiophene rings is 1. The molecule has 1 N–H and O–H groups in total. The molecule has 1 aromatic carbocycles. The molecule has 2 heterocycles. The van der Waals surface area contributed by atoms with Gasteiger partial charge in [0.15, 0.2) is 0 Å². The van der Waals surface area contributed by atoms with E-state index in [4.69, 9.17) is 0 Å². The summed E-state index contributed by atoms with van der Waals surface area (Å²) in [4.78, 5) is 31.9. The van der Waals surface area contributed by atoms with Crippen molar-refractivity contribution in [2.75, 3.05) is 23.3 Å². The van der Waals surface area contributed by atoms with Crippen LogP contribution in [0.25, 0.3) is 10.2 Å². The number of hydrogen-bond acceptors (Lipinski definition) is 5. The second-order valence-electron chi connectivity index (χ2n) is 5.84. The fourth-order valence-electron chi connectivity index (χ4n) is 2.84. The van der Waals surface area contributed by atoms with Crippen molar-refractivity contribution in [1.82, 2.24) is 9.55 Å². The third-order valence-corrected chi connectivity index (χ3v) is 5.10. The van der Waals surface area contributed by atoms with Crippen molar-refractivity contribution in [3.05, 3.63) is 52.1 Å². The minimum atomic E-state index is -0.125. The highest BCUT2D eigenvalue weighted by atomic mass is 32.1. The Morgan fingerprint density at radius 2 is 1.92 bits per heavy atom. The van der Waals surface area contributed by atoms with E-state index in [1.807, 2.05) is 60.5 Å². The summed E-state index contributed by atoms with van der Waals surface area (Å²) in [5.74, 6) is 0.498. The van der Waals surface area contributed by atoms with Crippen molar-refractivity contribution in [3.8, 4) is 0 Å². The van der Waals surface area contributed by atoms with Gasteiger partial charge in [0, 0.05) is 31.7 Å². The molecule has 0 aliphatic carbocycles. The number of para-hydroxylation sites is 1. The molecule has 0 atom stereocenters. The Balaban J connectivity index is 1.86. The molecule has 0 bridgehead atoms. The molecule has 0 unspecified atom stereocenters. The van der Waals surface area contributed by atoms with Gasteiger partial charge < -0.3 is 10.2 Å². The van der Waals surface area contributed by atoms with Crippen LogP contribution in [0.1, 0.15) is 20.3 Å². The van der Waals surface area contributed by atoms with Crippen LogP contribution in [0, 0.1) is 0 Å². The number of nitrogens with zero attached hydrogens (tertiary/aromatic N) is 3. The van der Waals surface area contributed by atoms with Crippen LogP contribution in [0.5, 0.6) is 0 Å². The zero-order chi connectivity index (χ0) is 18.5. The van der Waals surface area contributed by atoms with Gasteiger partial charge in [0.2, 0.25) is 11.9 Å². The number of carbonyl (C=O) groups is 1. The van der Waals surface area contributed by atoms with Gasteiger partial charge in [0.05, 0.1) is 5.52 Å². The van der Waals surface area contributed by atoms with E-state index in [9.17, 15) is 9.59 Å². The Kier molecular flexibility index (Phi) is 5.68. The van der Waals surface area contributed by atoms with Crippen LogP contribution in [-0.4, -0.2) is 28.5 Å². The minimum Gasteiger partial charge on any atom is -0.343 e. The van der Waals surface area contributed by atoms with E-state index in [-0.39, 0.29) is 17.9 Å². The molecule has 2 aromatic heterocycles. The zero-order valence-corrected chi connectivity index (χ0v) is 15.8. The van der Waals surface area contributed by atoms with Gasteiger partial charge in [-0.05, 0) is 37.4 Å². The number of amides is 1. The molecule has 3 aromatic rings. The van der Waals surface area contributed by atoms with Gasteiger partial charge in [-0.1, -0.05) is 18.2 Å². The summed E-state index contributed by atoms with van der Waals surface area (Å²) in [7, 11) is 0. The van der Waals surface area contributed by atoms with Crippen LogP contribution < -0.4 is 15.8 Å². The van der Waals surface area contributed by atoms with Gasteiger partial charge in [0.25, 0.3) is 5.56 Å². The second-order valence-corrected chi connectivity index (χ2v) is 6.76. The van der Waals surface area contributed by atoms with E-state index < -0.39 is 0 Å². The largest absolute Gasteiger partial charge is 0.343 e. The lowest BCUT2D eigenvalue weighted by Gasteiger charge is -2.23. The first-order valence-electron chi connectivity index (χ1n) is 8.72. The molecule has 1 amide bonds. The molecule has 0 aliphatic rings. The molecule has 0 aliphatic heterocycles. The summed E-state index contributed by atoms with van der Waals surface area (Å²) >= 11 is 1.39. The molecule has 0 fully saturated rings. The molecule has 7 heteroatoms. The maximum absolute atomic E-state index is 12.9. The highest BCUT2D eigenvalue weighted by molar-refractivity contribution is 7.17. The van der Waals surface area contributed by atoms with Crippen LogP contribution in [0.4, 0.5) is 11.6 Å². The second kappa shape index (κ2) is 8.14. The molecule has 6 nitrogen and oxygen atoms in total. The number of benzene rings is 1. The number of hydrogen-bond donors (Lipinski definition) is 1. The summed E-state index contributed by atoms with van der Waals surface area (Å²) in [5.41, 5.74) is 1.38. The average Bonchev–Trinajstić information content (AvgIpc) is 3.12. The van der Waals surface area contributed by atoms with Crippen LogP contribution in [0.2, 0.25) is 0 Å². The summed E-state index contributed by atoms with van der Waals surface area (Å²) in [6.07, 6.45) is 0.210. The third kappa shape index (κ3) is 3.77. The predicted octanol–water partition coefficient (Wildman–Crippen LogP) is 3.33. The van der Waals surface area contributed by atoms with Gasteiger partial charge in [-0.2, -0.15) is 0 Å². The lowest BCUT2D eigenvalue weighted by molar-refractivity contribution is -0.116. The lowest BCUT2D eigenvalue weighted by Crippen LogP contribution is -2.33. The number of nitrogens with one attached hydrogen (secondary N) is 1. The Hall–Kier alpha value is -2.67. The minimum absolute atomic E-state index is 0.0839. The average molecular weight is 370 g/mol. The molecule has 3 rings (SSSR count). The van der Waals surface area contributed by atoms with Crippen LogP contribution >= 0.6 is 11.3 Å². The van der Waals surface area contributed by atoms with Gasteiger partial charge in [-0.3, -0.25) is 14.2 Å². The van der Waals surface area contributed by atoms with Crippen molar-refractivity contribution < 1.29 is 4.79 Å². The monoisotopic (exact) mass is 370 g/mol. The van der Waals surface area contributed by atoms with Crippen molar-refractivity contribution >= 4 is 39.1 Å². The first-order valence-corrected chi connectivity index (χ1v) is 9.59. The molecule has 0 spiro atoms. The first-order chi connectivity index (χ1) is 12.6. The van der Waals surface area contributed by atoms with E-state index in [1.165, 1.54) is 11.3 Å². The fourth-order valence-corrected chi connectivity index (χ4v) is 3.62. The molecule has 0 saturated carbocycles. The Bertz CT molecular complexity index is 945. The highest BCUT2D eigenvalue weighted by Crippen LogP contribution is 2.19. The van der Waals surface area contributed by atoms with Crippen LogP contribution in [-0.2, 0) is 11.3 Å². The van der Waals surface area contributed by atoms with E-state index in [2.05, 4.69) is 10.3 Å². The Morgan fingerprint density at radius 1 is 1.19 bits per heavy atom. The number of aromatic nitrogens is 2. The van der Waals surface area contributed by atoms with E-state index >= 15 is 0 Å². The summed E-state index contributed by atoms with van der Waals surface area (Å²) in [5, 5.41) is 4.73.